The minimum atomic E-state index is -1.61. The molecule has 0 aliphatic carbocycles. The number of methoxy groups -OCH3 is 1. The van der Waals surface area contributed by atoms with Gasteiger partial charge in [0.1, 0.15) is 23.0 Å². The van der Waals surface area contributed by atoms with E-state index in [1.54, 1.807) is 19.1 Å². The number of aliphatic hydroxyl groups is 1. The van der Waals surface area contributed by atoms with Crippen LogP contribution < -0.4 is 21.5 Å². The number of amides is 1. The van der Waals surface area contributed by atoms with E-state index in [0.717, 1.165) is 0 Å². The number of carbonyl (C=O) groups excluding carboxylic acids is 1. The lowest BCUT2D eigenvalue weighted by Gasteiger charge is -2.37. The Bertz CT molecular complexity index is 1460. The molecule has 41 heavy (non-hydrogen) atoms. The third-order valence-corrected chi connectivity index (χ3v) is 6.60. The van der Waals surface area contributed by atoms with Crippen LogP contribution in [-0.4, -0.2) is 42.9 Å². The van der Waals surface area contributed by atoms with Crippen LogP contribution in [0.1, 0.15) is 54.4 Å². The molecule has 11 heteroatoms. The summed E-state index contributed by atoms with van der Waals surface area (Å²) in [5, 5.41) is 13.6. The Labute approximate surface area is 237 Å². The fourth-order valence-electron chi connectivity index (χ4n) is 4.50. The summed E-state index contributed by atoms with van der Waals surface area (Å²) in [6, 6.07) is 9.59. The number of ether oxygens (including phenoxy) is 3. The van der Waals surface area contributed by atoms with Crippen LogP contribution in [0.4, 0.5) is 14.5 Å². The average molecular weight is 569 g/mol. The van der Waals surface area contributed by atoms with Crippen LogP contribution in [0.15, 0.2) is 48.2 Å². The normalized spacial score (nSPS) is 15.4. The second-order valence-electron chi connectivity index (χ2n) is 10.3. The number of benzene rings is 2. The van der Waals surface area contributed by atoms with Crippen LogP contribution >= 0.6 is 0 Å². The molecule has 2 heterocycles. The zero-order chi connectivity index (χ0) is 29.9. The predicted molar refractivity (Wildman–Crippen MR) is 151 cm³/mol. The van der Waals surface area contributed by atoms with Gasteiger partial charge in [-0.1, -0.05) is 0 Å². The van der Waals surface area contributed by atoms with Crippen LogP contribution in [0.5, 0.6) is 5.75 Å². The Morgan fingerprint density at radius 2 is 1.85 bits per heavy atom. The summed E-state index contributed by atoms with van der Waals surface area (Å²) in [6.07, 6.45) is 2.21. The fourth-order valence-corrected chi connectivity index (χ4v) is 4.50. The smallest absolute Gasteiger partial charge is 0.251 e. The quantitative estimate of drug-likeness (QED) is 0.297. The summed E-state index contributed by atoms with van der Waals surface area (Å²) in [4.78, 5) is 17.9. The molecule has 9 nitrogen and oxygen atoms in total. The number of hydrogen-bond acceptors (Lipinski definition) is 8. The molecule has 0 spiro atoms. The number of nitrogens with one attached hydrogen (secondary N) is 1. The van der Waals surface area contributed by atoms with Crippen LogP contribution in [0.25, 0.3) is 17.3 Å². The van der Waals surface area contributed by atoms with E-state index in [-0.39, 0.29) is 47.8 Å². The maximum absolute atomic E-state index is 15.7. The predicted octanol–water partition coefficient (Wildman–Crippen LogP) is 4.18. The van der Waals surface area contributed by atoms with Gasteiger partial charge in [0.2, 0.25) is 5.79 Å². The highest BCUT2D eigenvalue weighted by Gasteiger charge is 2.41. The number of hydrogen-bond donors (Lipinski definition) is 4. The zero-order valence-electron chi connectivity index (χ0n) is 23.4. The van der Waals surface area contributed by atoms with Gasteiger partial charge in [0.25, 0.3) is 5.91 Å². The van der Waals surface area contributed by atoms with Crippen molar-refractivity contribution in [3.05, 3.63) is 82.2 Å². The molecule has 3 aromatic rings. The minimum Gasteiger partial charge on any atom is -0.495 e. The molecule has 0 radical (unpaired) electrons. The fraction of sp³-hybridized carbons (Fsp3) is 0.333. The molecule has 4 rings (SSSR count). The Balaban J connectivity index is 1.76. The van der Waals surface area contributed by atoms with Crippen molar-refractivity contribution in [1.82, 2.24) is 10.3 Å². The maximum Gasteiger partial charge on any atom is 0.251 e. The highest BCUT2D eigenvalue weighted by Crippen LogP contribution is 2.37. The first-order valence-electron chi connectivity index (χ1n) is 13.0. The number of rotatable bonds is 8. The highest BCUT2D eigenvalue weighted by atomic mass is 19.1. The van der Waals surface area contributed by atoms with Gasteiger partial charge in [-0.25, -0.2) is 13.8 Å². The van der Waals surface area contributed by atoms with Crippen molar-refractivity contribution >= 4 is 17.7 Å². The molecule has 1 amide bonds. The lowest BCUT2D eigenvalue weighted by molar-refractivity contribution is -0.274. The molecular formula is C30H34F2N4O5. The molecule has 1 aliphatic heterocycles. The maximum atomic E-state index is 15.7. The SMILES string of the molecule is COc1cc(C(=O)NCC2(c3cc(C(C)(C)O)c(F)c(-c4ccc(F)cc4)n3)OCCCO2)cc(/C=C(/C)N)c1N. The summed E-state index contributed by atoms with van der Waals surface area (Å²) in [6.45, 7) is 4.91. The van der Waals surface area contributed by atoms with Crippen LogP contribution in [0, 0.1) is 11.6 Å². The van der Waals surface area contributed by atoms with E-state index in [1.807, 2.05) is 0 Å². The molecule has 2 aromatic carbocycles. The minimum absolute atomic E-state index is 0.0674. The first-order chi connectivity index (χ1) is 19.3. The molecule has 0 unspecified atom stereocenters. The van der Waals surface area contributed by atoms with Gasteiger partial charge in [-0.2, -0.15) is 0 Å². The van der Waals surface area contributed by atoms with Crippen molar-refractivity contribution in [2.75, 3.05) is 32.6 Å². The first-order valence-corrected chi connectivity index (χ1v) is 13.0. The molecular weight excluding hydrogens is 534 g/mol. The number of pyridine rings is 1. The molecule has 6 N–H and O–H groups in total. The molecule has 0 atom stereocenters. The molecule has 1 aliphatic rings. The summed E-state index contributed by atoms with van der Waals surface area (Å²) in [7, 11) is 1.44. The Morgan fingerprint density at radius 3 is 2.44 bits per heavy atom. The van der Waals surface area contributed by atoms with Crippen molar-refractivity contribution in [3.63, 3.8) is 0 Å². The standard InChI is InChI=1S/C30H34F2N4O5/c1-17(33)12-19-13-20(14-23(39-4)26(19)34)28(37)35-16-30(40-10-5-11-41-30)24-15-22(29(2,3)38)25(32)27(36-24)18-6-8-21(31)9-7-18/h6-9,12-15,38H,5,10-11,16,33-34H2,1-4H3,(H,35,37)/b17-12-. The van der Waals surface area contributed by atoms with E-state index >= 15 is 4.39 Å². The van der Waals surface area contributed by atoms with E-state index < -0.39 is 28.9 Å². The van der Waals surface area contributed by atoms with Gasteiger partial charge in [0.15, 0.2) is 5.82 Å². The Morgan fingerprint density at radius 1 is 1.20 bits per heavy atom. The second kappa shape index (κ2) is 11.8. The lowest BCUT2D eigenvalue weighted by Crippen LogP contribution is -2.48. The van der Waals surface area contributed by atoms with Crippen molar-refractivity contribution in [2.24, 2.45) is 5.73 Å². The highest BCUT2D eigenvalue weighted by molar-refractivity contribution is 5.96. The van der Waals surface area contributed by atoms with Gasteiger partial charge in [-0.15, -0.1) is 0 Å². The van der Waals surface area contributed by atoms with E-state index in [4.69, 9.17) is 25.7 Å². The number of allylic oxidation sites excluding steroid dienone is 1. The third-order valence-electron chi connectivity index (χ3n) is 6.60. The van der Waals surface area contributed by atoms with Gasteiger partial charge in [-0.05, 0) is 75.7 Å². The van der Waals surface area contributed by atoms with Crippen LogP contribution in [0.2, 0.25) is 0 Å². The molecule has 1 saturated heterocycles. The summed E-state index contributed by atoms with van der Waals surface area (Å²) >= 11 is 0. The largest absolute Gasteiger partial charge is 0.495 e. The van der Waals surface area contributed by atoms with Crippen molar-refractivity contribution in [2.45, 2.75) is 38.6 Å². The van der Waals surface area contributed by atoms with Gasteiger partial charge in [-0.3, -0.25) is 4.79 Å². The van der Waals surface area contributed by atoms with Gasteiger partial charge >= 0.3 is 0 Å². The third kappa shape index (κ3) is 6.48. The molecule has 1 fully saturated rings. The number of nitrogens with zero attached hydrogens (tertiary/aromatic N) is 1. The zero-order valence-corrected chi connectivity index (χ0v) is 23.4. The molecule has 0 saturated carbocycles. The van der Waals surface area contributed by atoms with Gasteiger partial charge in [0.05, 0.1) is 38.2 Å². The van der Waals surface area contributed by atoms with Gasteiger partial charge < -0.3 is 36.1 Å². The van der Waals surface area contributed by atoms with E-state index in [1.165, 1.54) is 57.4 Å². The monoisotopic (exact) mass is 568 g/mol. The number of halogens is 2. The lowest BCUT2D eigenvalue weighted by atomic mass is 9.93. The Hall–Kier alpha value is -4.06. The van der Waals surface area contributed by atoms with Crippen LogP contribution in [-0.2, 0) is 20.9 Å². The van der Waals surface area contributed by atoms with Gasteiger partial charge in [0, 0.05) is 28.0 Å². The van der Waals surface area contributed by atoms with Crippen LogP contribution in [0.3, 0.4) is 0 Å². The number of nitrogen functional groups attached to an aromatic ring is 1. The Kier molecular flexibility index (Phi) is 8.62. The number of anilines is 1. The number of nitrogens with two attached hydrogens (primary N) is 2. The van der Waals surface area contributed by atoms with E-state index in [2.05, 4.69) is 10.3 Å². The summed E-state index contributed by atoms with van der Waals surface area (Å²) < 4.78 is 46.8. The van der Waals surface area contributed by atoms with E-state index in [9.17, 15) is 14.3 Å². The number of aromatic nitrogens is 1. The topological polar surface area (TPSA) is 142 Å². The average Bonchev–Trinajstić information content (AvgIpc) is 2.93. The van der Waals surface area contributed by atoms with E-state index in [0.29, 0.717) is 29.1 Å². The summed E-state index contributed by atoms with van der Waals surface area (Å²) in [5.74, 6) is -3.07. The molecule has 218 valence electrons. The second-order valence-corrected chi connectivity index (χ2v) is 10.3. The number of carbonyl (C=O) groups is 1. The first kappa shape index (κ1) is 29.9. The van der Waals surface area contributed by atoms with Crippen molar-refractivity contribution in [1.29, 1.82) is 0 Å². The summed E-state index contributed by atoms with van der Waals surface area (Å²) in [5.41, 5.74) is 12.2. The van der Waals surface area contributed by atoms with Crippen molar-refractivity contribution < 1.29 is 32.9 Å². The molecule has 1 aromatic heterocycles. The molecule has 0 bridgehead atoms. The van der Waals surface area contributed by atoms with Crippen molar-refractivity contribution in [3.8, 4) is 17.0 Å².